The van der Waals surface area contributed by atoms with Crippen molar-refractivity contribution in [3.8, 4) is 5.75 Å². The molecule has 2 N–H and O–H groups in total. The van der Waals surface area contributed by atoms with Gasteiger partial charge in [-0.1, -0.05) is 91.0 Å². The zero-order valence-electron chi connectivity index (χ0n) is 24.7. The number of carbonyl (C=O) groups excluding carboxylic acids is 2. The Morgan fingerprint density at radius 2 is 1.47 bits per heavy atom. The molecule has 0 fully saturated rings. The van der Waals surface area contributed by atoms with Crippen LogP contribution in [0.1, 0.15) is 43.1 Å². The summed E-state index contributed by atoms with van der Waals surface area (Å²) in [6, 6.07) is 35.9. The van der Waals surface area contributed by atoms with E-state index < -0.39 is 12.0 Å². The average Bonchev–Trinajstić information content (AvgIpc) is 3.62. The highest BCUT2D eigenvalue weighted by molar-refractivity contribution is 7.12. The summed E-state index contributed by atoms with van der Waals surface area (Å²) in [5.41, 5.74) is 3.30. The van der Waals surface area contributed by atoms with Gasteiger partial charge in [-0.15, -0.1) is 11.3 Å². The first kappa shape index (κ1) is 31.2. The monoisotopic (exact) mass is 618 g/mol. The van der Waals surface area contributed by atoms with Gasteiger partial charge in [-0.2, -0.15) is 0 Å². The number of carboxylic acid groups (broad SMARTS) is 1. The summed E-state index contributed by atoms with van der Waals surface area (Å²) >= 11 is 1.44. The highest BCUT2D eigenvalue weighted by Crippen LogP contribution is 2.22. The van der Waals surface area contributed by atoms with E-state index in [1.807, 2.05) is 83.1 Å². The van der Waals surface area contributed by atoms with Gasteiger partial charge in [-0.3, -0.25) is 9.59 Å². The zero-order chi connectivity index (χ0) is 31.4. The van der Waals surface area contributed by atoms with Crippen molar-refractivity contribution < 1.29 is 24.2 Å². The van der Waals surface area contributed by atoms with Crippen molar-refractivity contribution in [3.63, 3.8) is 0 Å². The Kier molecular flexibility index (Phi) is 10.8. The number of carboxylic acids is 1. The summed E-state index contributed by atoms with van der Waals surface area (Å²) in [5.74, 6) is -0.527. The molecule has 1 amide bonds. The van der Waals surface area contributed by atoms with Gasteiger partial charge in [0.1, 0.15) is 11.8 Å². The molecule has 5 aromatic rings. The van der Waals surface area contributed by atoms with Crippen LogP contribution in [0.25, 0.3) is 0 Å². The van der Waals surface area contributed by atoms with Crippen molar-refractivity contribution in [3.05, 3.63) is 154 Å². The van der Waals surface area contributed by atoms with Crippen LogP contribution in [0.2, 0.25) is 0 Å². The minimum absolute atomic E-state index is 0.00635. The molecule has 0 aliphatic carbocycles. The first-order chi connectivity index (χ1) is 22.0. The van der Waals surface area contributed by atoms with Crippen molar-refractivity contribution >= 4 is 34.7 Å². The molecule has 8 heteroatoms. The number of nitrogens with one attached hydrogen (secondary N) is 1. The number of amides is 1. The Hall–Kier alpha value is -5.21. The number of ether oxygens (including phenoxy) is 1. The van der Waals surface area contributed by atoms with Gasteiger partial charge in [0.15, 0.2) is 5.78 Å². The van der Waals surface area contributed by atoms with E-state index in [1.165, 1.54) is 11.3 Å². The molecule has 1 atom stereocenters. The summed E-state index contributed by atoms with van der Waals surface area (Å²) in [5, 5.41) is 14.9. The van der Waals surface area contributed by atoms with Crippen LogP contribution in [0.5, 0.6) is 5.75 Å². The maximum atomic E-state index is 13.1. The van der Waals surface area contributed by atoms with Crippen LogP contribution in [0.15, 0.2) is 127 Å². The molecule has 0 saturated heterocycles. The van der Waals surface area contributed by atoms with Gasteiger partial charge in [0, 0.05) is 36.3 Å². The molecule has 0 spiro atoms. The van der Waals surface area contributed by atoms with E-state index >= 15 is 0 Å². The van der Waals surface area contributed by atoms with Crippen LogP contribution >= 0.6 is 11.3 Å². The summed E-state index contributed by atoms with van der Waals surface area (Å²) in [6.07, 6.45) is 0.862. The van der Waals surface area contributed by atoms with Gasteiger partial charge >= 0.3 is 5.97 Å². The van der Waals surface area contributed by atoms with E-state index in [4.69, 9.17) is 4.74 Å². The number of hydrogen-bond donors (Lipinski definition) is 2. The van der Waals surface area contributed by atoms with Crippen molar-refractivity contribution in [1.82, 2.24) is 4.90 Å². The van der Waals surface area contributed by atoms with E-state index in [0.717, 1.165) is 11.1 Å². The molecule has 1 aromatic heterocycles. The predicted octanol–water partition coefficient (Wildman–Crippen LogP) is 7.20. The zero-order valence-corrected chi connectivity index (χ0v) is 25.5. The van der Waals surface area contributed by atoms with Gasteiger partial charge in [0.2, 0.25) is 0 Å². The lowest BCUT2D eigenvalue weighted by Gasteiger charge is -2.22. The normalized spacial score (nSPS) is 11.4. The van der Waals surface area contributed by atoms with Crippen LogP contribution < -0.4 is 10.1 Å². The molecule has 0 bridgehead atoms. The molecule has 0 radical (unpaired) electrons. The lowest BCUT2D eigenvalue weighted by molar-refractivity contribution is -0.137. The molecular weight excluding hydrogens is 584 g/mol. The van der Waals surface area contributed by atoms with Gasteiger partial charge in [0.25, 0.3) is 5.91 Å². The molecule has 45 heavy (non-hydrogen) atoms. The van der Waals surface area contributed by atoms with E-state index in [9.17, 15) is 19.5 Å². The van der Waals surface area contributed by atoms with E-state index in [1.54, 1.807) is 48.5 Å². The van der Waals surface area contributed by atoms with Crippen LogP contribution in [0.3, 0.4) is 0 Å². The van der Waals surface area contributed by atoms with Gasteiger partial charge in [0.05, 0.1) is 11.5 Å². The third-order valence-corrected chi connectivity index (χ3v) is 8.13. The Labute approximate surface area is 266 Å². The molecule has 0 saturated carbocycles. The van der Waals surface area contributed by atoms with E-state index in [-0.39, 0.29) is 18.1 Å². The first-order valence-corrected chi connectivity index (χ1v) is 15.6. The fourth-order valence-corrected chi connectivity index (χ4v) is 5.65. The Morgan fingerprint density at radius 1 is 0.778 bits per heavy atom. The molecule has 7 nitrogen and oxygen atoms in total. The Bertz CT molecular complexity index is 1690. The summed E-state index contributed by atoms with van der Waals surface area (Å²) in [4.78, 5) is 41.0. The number of anilines is 1. The first-order valence-electron chi connectivity index (χ1n) is 14.7. The predicted molar refractivity (Wildman–Crippen MR) is 177 cm³/mol. The number of rotatable bonds is 15. The average molecular weight is 619 g/mol. The minimum Gasteiger partial charge on any atom is -0.494 e. The van der Waals surface area contributed by atoms with Crippen LogP contribution in [-0.4, -0.2) is 46.9 Å². The van der Waals surface area contributed by atoms with E-state index in [2.05, 4.69) is 5.32 Å². The Morgan fingerprint density at radius 3 is 2.16 bits per heavy atom. The highest BCUT2D eigenvalue weighted by atomic mass is 32.1. The Balaban J connectivity index is 1.16. The lowest BCUT2D eigenvalue weighted by Crippen LogP contribution is -2.32. The fourth-order valence-electron chi connectivity index (χ4n) is 4.95. The molecular formula is C37H34N2O5S. The van der Waals surface area contributed by atoms with Gasteiger partial charge < -0.3 is 20.1 Å². The quantitative estimate of drug-likeness (QED) is 0.0952. The lowest BCUT2D eigenvalue weighted by atomic mass is 10.00. The number of hydrogen-bond acceptors (Lipinski definition) is 6. The van der Waals surface area contributed by atoms with Crippen molar-refractivity contribution in [1.29, 1.82) is 0 Å². The number of carbonyl (C=O) groups is 3. The maximum absolute atomic E-state index is 13.1. The molecule has 0 aliphatic heterocycles. The summed E-state index contributed by atoms with van der Waals surface area (Å²) in [6.45, 7) is 1.49. The van der Waals surface area contributed by atoms with Crippen molar-refractivity contribution in [2.24, 2.45) is 0 Å². The smallest absolute Gasteiger partial charge is 0.326 e. The van der Waals surface area contributed by atoms with Gasteiger partial charge in [-0.05, 0) is 53.3 Å². The number of thiophene rings is 1. The van der Waals surface area contributed by atoms with Gasteiger partial charge in [-0.25, -0.2) is 4.79 Å². The third kappa shape index (κ3) is 8.68. The topological polar surface area (TPSA) is 95.9 Å². The number of aliphatic carboxylic acids is 1. The maximum Gasteiger partial charge on any atom is 0.326 e. The minimum atomic E-state index is -1.02. The molecule has 1 heterocycles. The second-order valence-electron chi connectivity index (χ2n) is 10.5. The largest absolute Gasteiger partial charge is 0.494 e. The van der Waals surface area contributed by atoms with Crippen LogP contribution in [0, 0.1) is 0 Å². The third-order valence-electron chi connectivity index (χ3n) is 7.28. The molecule has 0 unspecified atom stereocenters. The fraction of sp³-hybridized carbons (Fsp3) is 0.162. The molecule has 4 aromatic carbocycles. The highest BCUT2D eigenvalue weighted by Gasteiger charge is 2.22. The molecule has 0 aliphatic rings. The molecule has 228 valence electrons. The number of benzene rings is 4. The van der Waals surface area contributed by atoms with Crippen molar-refractivity contribution in [2.45, 2.75) is 25.4 Å². The van der Waals surface area contributed by atoms with Crippen LogP contribution in [0.4, 0.5) is 5.69 Å². The number of nitrogens with zero attached hydrogens (tertiary/aromatic N) is 1. The van der Waals surface area contributed by atoms with E-state index in [0.29, 0.717) is 53.6 Å². The summed E-state index contributed by atoms with van der Waals surface area (Å²) < 4.78 is 5.96. The number of ketones is 1. The van der Waals surface area contributed by atoms with Crippen LogP contribution in [-0.2, 0) is 17.8 Å². The molecule has 5 rings (SSSR count). The SMILES string of the molecule is O=C(c1ccccc1)c1ccccc1N[C@@H](Cc1ccc(OCCCN(Cc2ccccc2)C(=O)c2cccs2)cc1)C(=O)O. The van der Waals surface area contributed by atoms with Crippen molar-refractivity contribution in [2.75, 3.05) is 18.5 Å². The summed E-state index contributed by atoms with van der Waals surface area (Å²) in [7, 11) is 0. The standard InChI is InChI=1S/C37H34N2O5S/c40-35(29-13-5-2-6-14-29)31-15-7-8-16-32(31)38-33(37(42)43)25-27-18-20-30(21-19-27)44-23-10-22-39(26-28-11-3-1-4-12-28)36(41)34-17-9-24-45-34/h1-9,11-21,24,33,38H,10,22-23,25-26H2,(H,42,43)/t33-/m0/s1. The number of para-hydroxylation sites is 1. The second-order valence-corrected chi connectivity index (χ2v) is 11.5. The second kappa shape index (κ2) is 15.5.